The smallest absolute Gasteiger partial charge is 0.251 e. The Kier molecular flexibility index (Phi) is 10.1. The second kappa shape index (κ2) is 13.7. The van der Waals surface area contributed by atoms with Crippen molar-refractivity contribution >= 4 is 23.3 Å². The lowest BCUT2D eigenvalue weighted by Gasteiger charge is -2.14. The van der Waals surface area contributed by atoms with Gasteiger partial charge in [-0.25, -0.2) is 0 Å². The molecule has 7 heteroatoms. The summed E-state index contributed by atoms with van der Waals surface area (Å²) in [6.07, 6.45) is 2.11. The van der Waals surface area contributed by atoms with Gasteiger partial charge in [0.25, 0.3) is 5.91 Å². The molecular formula is C30H31N3O4. The number of carbonyl (C=O) groups excluding carboxylic acids is 3. The molecule has 0 aliphatic heterocycles. The van der Waals surface area contributed by atoms with Gasteiger partial charge in [-0.15, -0.1) is 0 Å². The van der Waals surface area contributed by atoms with Crippen molar-refractivity contribution in [2.24, 2.45) is 5.73 Å². The molecule has 0 saturated carbocycles. The van der Waals surface area contributed by atoms with Crippen molar-refractivity contribution in [2.75, 3.05) is 18.5 Å². The minimum atomic E-state index is -0.927. The Morgan fingerprint density at radius 3 is 2.19 bits per heavy atom. The van der Waals surface area contributed by atoms with Crippen LogP contribution in [0.3, 0.4) is 0 Å². The summed E-state index contributed by atoms with van der Waals surface area (Å²) in [6, 6.07) is 21.3. The number of rotatable bonds is 10. The maximum atomic E-state index is 12.3. The number of Topliss-reactive ketones (excluding diaryl/α,β-unsaturated/α-hetero) is 1. The second-order valence-corrected chi connectivity index (χ2v) is 8.68. The van der Waals surface area contributed by atoms with Gasteiger partial charge in [0.05, 0.1) is 0 Å². The van der Waals surface area contributed by atoms with E-state index in [1.807, 2.05) is 30.3 Å². The molecule has 0 aromatic heterocycles. The van der Waals surface area contributed by atoms with Gasteiger partial charge in [0.2, 0.25) is 5.91 Å². The van der Waals surface area contributed by atoms with E-state index in [1.165, 1.54) is 11.1 Å². The number of aliphatic hydroxyl groups is 1. The molecule has 5 N–H and O–H groups in total. The Hall–Kier alpha value is -4.25. The summed E-state index contributed by atoms with van der Waals surface area (Å²) in [7, 11) is 0. The van der Waals surface area contributed by atoms with Crippen molar-refractivity contribution in [3.63, 3.8) is 0 Å². The number of hydrogen-bond donors (Lipinski definition) is 4. The number of benzene rings is 3. The molecular weight excluding hydrogens is 466 g/mol. The minimum absolute atomic E-state index is 0.0193. The van der Waals surface area contributed by atoms with E-state index < -0.39 is 24.3 Å². The van der Waals surface area contributed by atoms with Crippen LogP contribution in [0.15, 0.2) is 72.8 Å². The first-order chi connectivity index (χ1) is 17.9. The first kappa shape index (κ1) is 27.3. The highest BCUT2D eigenvalue weighted by atomic mass is 16.3. The third-order valence-corrected chi connectivity index (χ3v) is 5.70. The predicted octanol–water partition coefficient (Wildman–Crippen LogP) is 2.97. The highest BCUT2D eigenvalue weighted by Gasteiger charge is 2.18. The molecule has 3 rings (SSSR count). The topological polar surface area (TPSA) is 122 Å². The lowest BCUT2D eigenvalue weighted by molar-refractivity contribution is -0.123. The standard InChI is InChI=1S/C30H31N3O4/c1-21-4-2-5-24(18-21)6-3-7-29(36)32-26-16-12-23(13-17-26)9-8-22-10-14-25(15-11-22)30(37)33-27(19-31)28(35)20-34/h2,4-5,10-18,27,34H,3,6-7,19-20,31H2,1H3,(H,32,36)(H,33,37)/t27-/m0/s1. The maximum Gasteiger partial charge on any atom is 0.251 e. The lowest BCUT2D eigenvalue weighted by atomic mass is 10.1. The number of aryl methyl sites for hydroxylation is 2. The van der Waals surface area contributed by atoms with Crippen molar-refractivity contribution in [2.45, 2.75) is 32.2 Å². The summed E-state index contributed by atoms with van der Waals surface area (Å²) in [6.45, 7) is 1.29. The van der Waals surface area contributed by atoms with Gasteiger partial charge in [0.15, 0.2) is 5.78 Å². The number of anilines is 1. The summed E-state index contributed by atoms with van der Waals surface area (Å²) in [5.41, 5.74) is 10.5. The highest BCUT2D eigenvalue weighted by Crippen LogP contribution is 2.12. The number of hydrogen-bond acceptors (Lipinski definition) is 5. The van der Waals surface area contributed by atoms with Gasteiger partial charge in [-0.1, -0.05) is 41.7 Å². The van der Waals surface area contributed by atoms with E-state index >= 15 is 0 Å². The average molecular weight is 498 g/mol. The Morgan fingerprint density at radius 2 is 1.59 bits per heavy atom. The summed E-state index contributed by atoms with van der Waals surface area (Å²) >= 11 is 0. The van der Waals surface area contributed by atoms with Crippen LogP contribution in [-0.2, 0) is 16.0 Å². The molecule has 3 aromatic carbocycles. The van der Waals surface area contributed by atoms with Crippen LogP contribution in [0.2, 0.25) is 0 Å². The van der Waals surface area contributed by atoms with Crippen LogP contribution in [0.1, 0.15) is 45.5 Å². The molecule has 0 radical (unpaired) electrons. The van der Waals surface area contributed by atoms with E-state index in [4.69, 9.17) is 10.8 Å². The molecule has 7 nitrogen and oxygen atoms in total. The summed E-state index contributed by atoms with van der Waals surface area (Å²) in [5.74, 6) is 5.08. The Labute approximate surface area is 217 Å². The fraction of sp³-hybridized carbons (Fsp3) is 0.233. The van der Waals surface area contributed by atoms with E-state index in [0.717, 1.165) is 24.1 Å². The summed E-state index contributed by atoms with van der Waals surface area (Å²) in [5, 5.41) is 14.4. The fourth-order valence-electron chi connectivity index (χ4n) is 3.65. The van der Waals surface area contributed by atoms with Crippen molar-refractivity contribution < 1.29 is 19.5 Å². The zero-order valence-electron chi connectivity index (χ0n) is 20.8. The lowest BCUT2D eigenvalue weighted by Crippen LogP contribution is -2.46. The third kappa shape index (κ3) is 8.73. The van der Waals surface area contributed by atoms with E-state index in [9.17, 15) is 14.4 Å². The van der Waals surface area contributed by atoms with Crippen LogP contribution in [0.5, 0.6) is 0 Å². The monoisotopic (exact) mass is 497 g/mol. The van der Waals surface area contributed by atoms with Gasteiger partial charge in [-0.05, 0) is 73.9 Å². The van der Waals surface area contributed by atoms with Gasteiger partial charge in [-0.2, -0.15) is 0 Å². The SMILES string of the molecule is Cc1cccc(CCCC(=O)Nc2ccc(C#Cc3ccc(C(=O)N[C@@H](CN)C(=O)CO)cc3)cc2)c1. The highest BCUT2D eigenvalue weighted by molar-refractivity contribution is 5.98. The first-order valence-electron chi connectivity index (χ1n) is 12.1. The molecule has 0 aliphatic rings. The molecule has 3 aromatic rings. The van der Waals surface area contributed by atoms with Crippen LogP contribution in [0.4, 0.5) is 5.69 Å². The summed E-state index contributed by atoms with van der Waals surface area (Å²) < 4.78 is 0. The zero-order chi connectivity index (χ0) is 26.6. The van der Waals surface area contributed by atoms with Crippen LogP contribution >= 0.6 is 0 Å². The van der Waals surface area contributed by atoms with Crippen molar-refractivity contribution in [3.8, 4) is 11.8 Å². The number of nitrogens with one attached hydrogen (secondary N) is 2. The molecule has 0 heterocycles. The van der Waals surface area contributed by atoms with E-state index in [1.54, 1.807) is 24.3 Å². The van der Waals surface area contributed by atoms with Crippen molar-refractivity contribution in [1.82, 2.24) is 5.32 Å². The average Bonchev–Trinajstić information content (AvgIpc) is 2.91. The van der Waals surface area contributed by atoms with Crippen molar-refractivity contribution in [1.29, 1.82) is 0 Å². The van der Waals surface area contributed by atoms with E-state index in [0.29, 0.717) is 17.5 Å². The Bertz CT molecular complexity index is 1290. The van der Waals surface area contributed by atoms with Crippen molar-refractivity contribution in [3.05, 3.63) is 101 Å². The van der Waals surface area contributed by atoms with Gasteiger partial charge >= 0.3 is 0 Å². The number of amides is 2. The molecule has 0 spiro atoms. The minimum Gasteiger partial charge on any atom is -0.388 e. The number of aliphatic hydroxyl groups excluding tert-OH is 1. The molecule has 0 saturated heterocycles. The number of ketones is 1. The first-order valence-corrected chi connectivity index (χ1v) is 12.1. The molecule has 2 amide bonds. The Balaban J connectivity index is 1.49. The number of nitrogens with two attached hydrogens (primary N) is 1. The van der Waals surface area contributed by atoms with Crippen LogP contribution in [0.25, 0.3) is 0 Å². The van der Waals surface area contributed by atoms with Gasteiger partial charge < -0.3 is 21.5 Å². The quantitative estimate of drug-likeness (QED) is 0.321. The van der Waals surface area contributed by atoms with E-state index in [-0.39, 0.29) is 12.5 Å². The van der Waals surface area contributed by atoms with Gasteiger partial charge in [-0.3, -0.25) is 14.4 Å². The molecule has 190 valence electrons. The van der Waals surface area contributed by atoms with Crippen LogP contribution in [-0.4, -0.2) is 41.9 Å². The third-order valence-electron chi connectivity index (χ3n) is 5.70. The summed E-state index contributed by atoms with van der Waals surface area (Å²) in [4.78, 5) is 36.1. The van der Waals surface area contributed by atoms with Crippen LogP contribution in [0, 0.1) is 18.8 Å². The second-order valence-electron chi connectivity index (χ2n) is 8.68. The molecule has 0 aliphatic carbocycles. The molecule has 0 bridgehead atoms. The largest absolute Gasteiger partial charge is 0.388 e. The van der Waals surface area contributed by atoms with Gasteiger partial charge in [0, 0.05) is 35.3 Å². The van der Waals surface area contributed by atoms with Crippen LogP contribution < -0.4 is 16.4 Å². The zero-order valence-corrected chi connectivity index (χ0v) is 20.8. The number of carbonyl (C=O) groups is 3. The maximum absolute atomic E-state index is 12.3. The normalized spacial score (nSPS) is 11.1. The van der Waals surface area contributed by atoms with Gasteiger partial charge in [0.1, 0.15) is 12.6 Å². The molecule has 1 atom stereocenters. The Morgan fingerprint density at radius 1 is 0.946 bits per heavy atom. The molecule has 0 unspecified atom stereocenters. The predicted molar refractivity (Wildman–Crippen MR) is 144 cm³/mol. The van der Waals surface area contributed by atoms with E-state index in [2.05, 4.69) is 47.6 Å². The molecule has 0 fully saturated rings. The molecule has 37 heavy (non-hydrogen) atoms. The fourth-order valence-corrected chi connectivity index (χ4v) is 3.65.